The molecule has 1 aromatic rings. The van der Waals surface area contributed by atoms with Crippen molar-refractivity contribution in [1.82, 2.24) is 15.2 Å². The molecule has 108 valence electrons. The lowest BCUT2D eigenvalue weighted by Crippen LogP contribution is -2.28. The molecule has 1 aliphatic carbocycles. The predicted octanol–water partition coefficient (Wildman–Crippen LogP) is 1.58. The average molecular weight is 274 g/mol. The van der Waals surface area contributed by atoms with Crippen molar-refractivity contribution in [3.63, 3.8) is 0 Å². The normalized spacial score (nSPS) is 15.6. The van der Waals surface area contributed by atoms with E-state index < -0.39 is 0 Å². The van der Waals surface area contributed by atoms with Crippen LogP contribution in [0.25, 0.3) is 0 Å². The maximum Gasteiger partial charge on any atom is 0.239 e. The minimum atomic E-state index is -0.0474. The lowest BCUT2D eigenvalue weighted by Gasteiger charge is -2.15. The van der Waals surface area contributed by atoms with Gasteiger partial charge in [-0.2, -0.15) is 5.26 Å². The van der Waals surface area contributed by atoms with Crippen LogP contribution in [0.4, 0.5) is 0 Å². The minimum Gasteiger partial charge on any atom is -0.354 e. The van der Waals surface area contributed by atoms with Crippen molar-refractivity contribution in [2.24, 2.45) is 5.92 Å². The maximum absolute atomic E-state index is 11.7. The lowest BCUT2D eigenvalue weighted by molar-refractivity contribution is -0.121. The zero-order chi connectivity index (χ0) is 14.4. The first-order valence-electron chi connectivity index (χ1n) is 7.27. The van der Waals surface area contributed by atoms with Crippen LogP contribution in [0.15, 0.2) is 18.5 Å². The second-order valence-electron chi connectivity index (χ2n) is 5.25. The molecule has 5 nitrogen and oxygen atoms in total. The molecule has 1 amide bonds. The van der Waals surface area contributed by atoms with Crippen molar-refractivity contribution in [2.45, 2.75) is 38.8 Å². The number of aromatic nitrogens is 1. The fourth-order valence-electron chi connectivity index (χ4n) is 2.43. The van der Waals surface area contributed by atoms with Gasteiger partial charge < -0.3 is 15.2 Å². The third-order valence-electron chi connectivity index (χ3n) is 3.54. The van der Waals surface area contributed by atoms with Gasteiger partial charge in [-0.1, -0.05) is 6.92 Å². The van der Waals surface area contributed by atoms with E-state index in [-0.39, 0.29) is 5.91 Å². The van der Waals surface area contributed by atoms with Crippen LogP contribution >= 0.6 is 0 Å². The number of amides is 1. The fourth-order valence-corrected chi connectivity index (χ4v) is 2.43. The van der Waals surface area contributed by atoms with E-state index >= 15 is 0 Å². The molecule has 1 aromatic heterocycles. The molecule has 0 aromatic carbocycles. The summed E-state index contributed by atoms with van der Waals surface area (Å²) >= 11 is 0. The summed E-state index contributed by atoms with van der Waals surface area (Å²) in [6, 6.07) is 4.52. The zero-order valence-electron chi connectivity index (χ0n) is 11.9. The third kappa shape index (κ3) is 4.10. The number of hydrogen-bond acceptors (Lipinski definition) is 3. The van der Waals surface area contributed by atoms with Crippen LogP contribution in [-0.2, 0) is 11.3 Å². The van der Waals surface area contributed by atoms with Gasteiger partial charge in [0, 0.05) is 25.0 Å². The Hall–Kier alpha value is -1.80. The van der Waals surface area contributed by atoms with E-state index in [1.165, 1.54) is 18.4 Å². The number of nitriles is 1. The number of hydrogen-bond donors (Lipinski definition) is 2. The molecule has 1 heterocycles. The minimum absolute atomic E-state index is 0.0474. The molecule has 1 atom stereocenters. The Morgan fingerprint density at radius 2 is 2.40 bits per heavy atom. The van der Waals surface area contributed by atoms with Crippen molar-refractivity contribution in [3.05, 3.63) is 24.0 Å². The number of rotatable bonds is 8. The van der Waals surface area contributed by atoms with Crippen molar-refractivity contribution < 1.29 is 4.79 Å². The van der Waals surface area contributed by atoms with Crippen LogP contribution in [0.3, 0.4) is 0 Å². The zero-order valence-corrected chi connectivity index (χ0v) is 11.9. The topological polar surface area (TPSA) is 69.8 Å². The first-order valence-corrected chi connectivity index (χ1v) is 7.27. The summed E-state index contributed by atoms with van der Waals surface area (Å²) in [6.45, 7) is 3.82. The average Bonchev–Trinajstić information content (AvgIpc) is 3.17. The molecule has 0 radical (unpaired) electrons. The summed E-state index contributed by atoms with van der Waals surface area (Å²) in [7, 11) is 0. The van der Waals surface area contributed by atoms with Crippen LogP contribution in [0.5, 0.6) is 0 Å². The molecule has 2 N–H and O–H groups in total. The highest BCUT2D eigenvalue weighted by Crippen LogP contribution is 2.40. The van der Waals surface area contributed by atoms with E-state index in [4.69, 9.17) is 5.26 Å². The van der Waals surface area contributed by atoms with Crippen LogP contribution in [0.2, 0.25) is 0 Å². The van der Waals surface area contributed by atoms with Crippen LogP contribution in [-0.4, -0.2) is 23.6 Å². The Kier molecular flexibility index (Phi) is 5.19. The Morgan fingerprint density at radius 1 is 1.60 bits per heavy atom. The summed E-state index contributed by atoms with van der Waals surface area (Å²) in [5.41, 5.74) is 1.26. The molecule has 2 rings (SSSR count). The molecule has 1 unspecified atom stereocenters. The van der Waals surface area contributed by atoms with Crippen molar-refractivity contribution in [2.75, 3.05) is 13.1 Å². The van der Waals surface area contributed by atoms with E-state index in [0.29, 0.717) is 25.6 Å². The van der Waals surface area contributed by atoms with Gasteiger partial charge >= 0.3 is 0 Å². The second kappa shape index (κ2) is 7.11. The van der Waals surface area contributed by atoms with Gasteiger partial charge in [-0.15, -0.1) is 0 Å². The van der Waals surface area contributed by atoms with Gasteiger partial charge in [0.25, 0.3) is 0 Å². The largest absolute Gasteiger partial charge is 0.354 e. The SMILES string of the molecule is CCNC(c1ccn(CC(=O)NCCC#N)c1)C1CC1. The summed E-state index contributed by atoms with van der Waals surface area (Å²) in [5, 5.41) is 14.7. The van der Waals surface area contributed by atoms with Crippen molar-refractivity contribution >= 4 is 5.91 Å². The van der Waals surface area contributed by atoms with Gasteiger partial charge in [0.2, 0.25) is 5.91 Å². The van der Waals surface area contributed by atoms with E-state index in [2.05, 4.69) is 29.8 Å². The maximum atomic E-state index is 11.7. The predicted molar refractivity (Wildman–Crippen MR) is 76.8 cm³/mol. The fraction of sp³-hybridized carbons (Fsp3) is 0.600. The van der Waals surface area contributed by atoms with Gasteiger partial charge in [0.1, 0.15) is 6.54 Å². The van der Waals surface area contributed by atoms with E-state index in [1.807, 2.05) is 16.8 Å². The summed E-state index contributed by atoms with van der Waals surface area (Å²) in [6.07, 6.45) is 6.93. The van der Waals surface area contributed by atoms with Gasteiger partial charge in [-0.05, 0) is 36.9 Å². The van der Waals surface area contributed by atoms with Crippen LogP contribution in [0, 0.1) is 17.2 Å². The van der Waals surface area contributed by atoms with Crippen LogP contribution in [0.1, 0.15) is 37.8 Å². The molecule has 5 heteroatoms. The second-order valence-corrected chi connectivity index (χ2v) is 5.25. The molecule has 0 spiro atoms. The summed E-state index contributed by atoms with van der Waals surface area (Å²) in [4.78, 5) is 11.7. The molecule has 0 saturated heterocycles. The molecule has 0 aliphatic heterocycles. The van der Waals surface area contributed by atoms with E-state index in [9.17, 15) is 4.79 Å². The first kappa shape index (κ1) is 14.6. The first-order chi connectivity index (χ1) is 9.74. The highest BCUT2D eigenvalue weighted by atomic mass is 16.1. The Morgan fingerprint density at radius 3 is 3.05 bits per heavy atom. The lowest BCUT2D eigenvalue weighted by atomic mass is 10.1. The molecular weight excluding hydrogens is 252 g/mol. The van der Waals surface area contributed by atoms with Gasteiger partial charge in [0.05, 0.1) is 12.5 Å². The molecular formula is C15H22N4O. The Bertz CT molecular complexity index is 484. The number of carbonyl (C=O) groups excluding carboxylic acids is 1. The Balaban J connectivity index is 1.88. The monoisotopic (exact) mass is 274 g/mol. The Labute approximate surface area is 120 Å². The number of carbonyl (C=O) groups is 1. The van der Waals surface area contributed by atoms with E-state index in [1.54, 1.807) is 0 Å². The van der Waals surface area contributed by atoms with Gasteiger partial charge in [0.15, 0.2) is 0 Å². The molecule has 1 aliphatic rings. The highest BCUT2D eigenvalue weighted by molar-refractivity contribution is 5.75. The summed E-state index contributed by atoms with van der Waals surface area (Å²) < 4.78 is 1.91. The molecule has 1 saturated carbocycles. The molecule has 0 bridgehead atoms. The van der Waals surface area contributed by atoms with E-state index in [0.717, 1.165) is 12.5 Å². The van der Waals surface area contributed by atoms with Crippen molar-refractivity contribution in [3.8, 4) is 6.07 Å². The van der Waals surface area contributed by atoms with Gasteiger partial charge in [-0.25, -0.2) is 0 Å². The van der Waals surface area contributed by atoms with Gasteiger partial charge in [-0.3, -0.25) is 4.79 Å². The standard InChI is InChI=1S/C15H22N4O/c1-2-17-15(12-4-5-12)13-6-9-19(10-13)11-14(20)18-8-3-7-16/h6,9-10,12,15,17H,2-5,8,11H2,1H3,(H,18,20). The molecule has 20 heavy (non-hydrogen) atoms. The van der Waals surface area contributed by atoms with Crippen molar-refractivity contribution in [1.29, 1.82) is 5.26 Å². The highest BCUT2D eigenvalue weighted by Gasteiger charge is 2.32. The van der Waals surface area contributed by atoms with Crippen LogP contribution < -0.4 is 10.6 Å². The number of nitrogens with one attached hydrogen (secondary N) is 2. The summed E-state index contributed by atoms with van der Waals surface area (Å²) in [5.74, 6) is 0.698. The number of nitrogens with zero attached hydrogens (tertiary/aromatic N) is 2. The molecule has 1 fully saturated rings. The quantitative estimate of drug-likeness (QED) is 0.707. The third-order valence-corrected chi connectivity index (χ3v) is 3.54. The smallest absolute Gasteiger partial charge is 0.239 e.